The van der Waals surface area contributed by atoms with Crippen molar-refractivity contribution in [2.45, 2.75) is 63.5 Å². The second-order valence-corrected chi connectivity index (χ2v) is 5.99. The van der Waals surface area contributed by atoms with E-state index in [0.29, 0.717) is 12.6 Å². The molecule has 1 saturated heterocycles. The first-order chi connectivity index (χ1) is 8.81. The lowest BCUT2D eigenvalue weighted by molar-refractivity contribution is 0.142. The van der Waals surface area contributed by atoms with E-state index in [2.05, 4.69) is 22.9 Å². The van der Waals surface area contributed by atoms with Gasteiger partial charge in [0.25, 0.3) is 0 Å². The van der Waals surface area contributed by atoms with Gasteiger partial charge in [-0.1, -0.05) is 19.3 Å². The zero-order valence-electron chi connectivity index (χ0n) is 11.8. The van der Waals surface area contributed by atoms with E-state index in [0.717, 1.165) is 12.6 Å². The summed E-state index contributed by atoms with van der Waals surface area (Å²) in [5, 5.41) is 8.98. The molecular formula is C15H27N3. The van der Waals surface area contributed by atoms with E-state index in [1.54, 1.807) is 0 Å². The fourth-order valence-electron chi connectivity index (χ4n) is 3.57. The SMILES string of the molecule is CN1CCCCC1CCN(CC#N)C1CCCC1. The highest BCUT2D eigenvalue weighted by molar-refractivity contribution is 4.86. The van der Waals surface area contributed by atoms with Gasteiger partial charge in [0, 0.05) is 18.6 Å². The molecule has 2 aliphatic rings. The smallest absolute Gasteiger partial charge is 0.0868 e. The van der Waals surface area contributed by atoms with Crippen LogP contribution in [0.4, 0.5) is 0 Å². The molecule has 0 aromatic heterocycles. The molecule has 2 fully saturated rings. The van der Waals surface area contributed by atoms with Crippen molar-refractivity contribution in [3.8, 4) is 6.07 Å². The summed E-state index contributed by atoms with van der Waals surface area (Å²) in [6, 6.07) is 3.80. The Bertz CT molecular complexity index is 278. The molecular weight excluding hydrogens is 222 g/mol. The van der Waals surface area contributed by atoms with E-state index in [4.69, 9.17) is 5.26 Å². The fourth-order valence-corrected chi connectivity index (χ4v) is 3.57. The summed E-state index contributed by atoms with van der Waals surface area (Å²) in [5.74, 6) is 0. The first kappa shape index (κ1) is 13.8. The van der Waals surface area contributed by atoms with Gasteiger partial charge in [-0.15, -0.1) is 0 Å². The van der Waals surface area contributed by atoms with Crippen molar-refractivity contribution in [3.63, 3.8) is 0 Å². The summed E-state index contributed by atoms with van der Waals surface area (Å²) >= 11 is 0. The van der Waals surface area contributed by atoms with Gasteiger partial charge in [-0.05, 0) is 45.7 Å². The molecule has 1 atom stereocenters. The molecule has 0 N–H and O–H groups in total. The molecule has 1 heterocycles. The van der Waals surface area contributed by atoms with E-state index in [1.165, 1.54) is 57.9 Å². The Balaban J connectivity index is 1.79. The standard InChI is InChI=1S/C15H27N3/c1-17-11-5-4-6-14(17)9-12-18(13-10-16)15-7-2-3-8-15/h14-15H,2-9,11-13H2,1H3. The molecule has 3 nitrogen and oxygen atoms in total. The van der Waals surface area contributed by atoms with Gasteiger partial charge >= 0.3 is 0 Å². The Morgan fingerprint density at radius 1 is 1.17 bits per heavy atom. The van der Waals surface area contributed by atoms with Crippen molar-refractivity contribution in [3.05, 3.63) is 0 Å². The zero-order chi connectivity index (χ0) is 12.8. The van der Waals surface area contributed by atoms with E-state index in [-0.39, 0.29) is 0 Å². The topological polar surface area (TPSA) is 30.3 Å². The Labute approximate surface area is 112 Å². The van der Waals surface area contributed by atoms with Gasteiger partial charge in [0.05, 0.1) is 12.6 Å². The minimum absolute atomic E-state index is 0.626. The number of piperidine rings is 1. The maximum atomic E-state index is 8.98. The molecule has 1 aliphatic carbocycles. The molecule has 18 heavy (non-hydrogen) atoms. The van der Waals surface area contributed by atoms with Crippen LogP contribution in [0.2, 0.25) is 0 Å². The van der Waals surface area contributed by atoms with Gasteiger partial charge in [-0.3, -0.25) is 4.90 Å². The number of likely N-dealkylation sites (tertiary alicyclic amines) is 1. The van der Waals surface area contributed by atoms with Crippen molar-refractivity contribution in [1.29, 1.82) is 5.26 Å². The van der Waals surface area contributed by atoms with Crippen molar-refractivity contribution in [2.24, 2.45) is 0 Å². The van der Waals surface area contributed by atoms with Crippen LogP contribution < -0.4 is 0 Å². The third-order valence-electron chi connectivity index (χ3n) is 4.79. The second kappa shape index (κ2) is 7.11. The molecule has 0 aromatic carbocycles. The predicted molar refractivity (Wildman–Crippen MR) is 74.3 cm³/mol. The van der Waals surface area contributed by atoms with Crippen LogP contribution in [0.25, 0.3) is 0 Å². The van der Waals surface area contributed by atoms with Crippen LogP contribution in [0, 0.1) is 11.3 Å². The summed E-state index contributed by atoms with van der Waals surface area (Å²) in [6.07, 6.45) is 10.7. The van der Waals surface area contributed by atoms with Gasteiger partial charge in [0.15, 0.2) is 0 Å². The van der Waals surface area contributed by atoms with Crippen molar-refractivity contribution >= 4 is 0 Å². The molecule has 0 spiro atoms. The number of nitrogens with zero attached hydrogens (tertiary/aromatic N) is 3. The summed E-state index contributed by atoms with van der Waals surface area (Å²) < 4.78 is 0. The maximum absolute atomic E-state index is 8.98. The van der Waals surface area contributed by atoms with Crippen LogP contribution in [0.5, 0.6) is 0 Å². The molecule has 0 bridgehead atoms. The van der Waals surface area contributed by atoms with Crippen LogP contribution in [-0.4, -0.2) is 48.6 Å². The van der Waals surface area contributed by atoms with E-state index in [1.807, 2.05) is 0 Å². The van der Waals surface area contributed by atoms with Gasteiger partial charge in [0.2, 0.25) is 0 Å². The van der Waals surface area contributed by atoms with Crippen molar-refractivity contribution in [1.82, 2.24) is 9.80 Å². The summed E-state index contributed by atoms with van der Waals surface area (Å²) in [5.41, 5.74) is 0. The lowest BCUT2D eigenvalue weighted by Gasteiger charge is -2.35. The summed E-state index contributed by atoms with van der Waals surface area (Å²) in [6.45, 7) is 3.00. The number of hydrogen-bond acceptors (Lipinski definition) is 3. The lowest BCUT2D eigenvalue weighted by atomic mass is 9.99. The minimum Gasteiger partial charge on any atom is -0.303 e. The molecule has 3 heteroatoms. The normalized spacial score (nSPS) is 26.6. The van der Waals surface area contributed by atoms with Crippen LogP contribution in [0.1, 0.15) is 51.4 Å². The van der Waals surface area contributed by atoms with Crippen LogP contribution >= 0.6 is 0 Å². The van der Waals surface area contributed by atoms with E-state index in [9.17, 15) is 0 Å². The van der Waals surface area contributed by atoms with Crippen molar-refractivity contribution in [2.75, 3.05) is 26.7 Å². The fraction of sp³-hybridized carbons (Fsp3) is 0.933. The highest BCUT2D eigenvalue weighted by atomic mass is 15.2. The van der Waals surface area contributed by atoms with Crippen LogP contribution in [0.3, 0.4) is 0 Å². The Morgan fingerprint density at radius 3 is 2.56 bits per heavy atom. The Hall–Kier alpha value is -0.590. The van der Waals surface area contributed by atoms with E-state index >= 15 is 0 Å². The highest BCUT2D eigenvalue weighted by Crippen LogP contribution is 2.25. The number of rotatable bonds is 5. The largest absolute Gasteiger partial charge is 0.303 e. The minimum atomic E-state index is 0.626. The number of nitriles is 1. The Kier molecular flexibility index (Phi) is 5.46. The highest BCUT2D eigenvalue weighted by Gasteiger charge is 2.24. The first-order valence-corrected chi connectivity index (χ1v) is 7.62. The molecule has 1 saturated carbocycles. The maximum Gasteiger partial charge on any atom is 0.0868 e. The van der Waals surface area contributed by atoms with Crippen LogP contribution in [0.15, 0.2) is 0 Å². The average molecular weight is 249 g/mol. The monoisotopic (exact) mass is 249 g/mol. The molecule has 1 aliphatic heterocycles. The second-order valence-electron chi connectivity index (χ2n) is 5.99. The Morgan fingerprint density at radius 2 is 1.89 bits per heavy atom. The molecule has 0 aromatic rings. The molecule has 2 rings (SSSR count). The molecule has 1 unspecified atom stereocenters. The first-order valence-electron chi connectivity index (χ1n) is 7.62. The van der Waals surface area contributed by atoms with Gasteiger partial charge in [-0.25, -0.2) is 0 Å². The van der Waals surface area contributed by atoms with Crippen molar-refractivity contribution < 1.29 is 0 Å². The van der Waals surface area contributed by atoms with Crippen LogP contribution in [-0.2, 0) is 0 Å². The van der Waals surface area contributed by atoms with Gasteiger partial charge in [-0.2, -0.15) is 5.26 Å². The zero-order valence-corrected chi connectivity index (χ0v) is 11.8. The van der Waals surface area contributed by atoms with Gasteiger partial charge < -0.3 is 4.90 Å². The average Bonchev–Trinajstić information content (AvgIpc) is 2.90. The molecule has 0 amide bonds. The molecule has 102 valence electrons. The summed E-state index contributed by atoms with van der Waals surface area (Å²) in [7, 11) is 2.26. The lowest BCUT2D eigenvalue weighted by Crippen LogP contribution is -2.41. The molecule has 0 radical (unpaired) electrons. The van der Waals surface area contributed by atoms with E-state index < -0.39 is 0 Å². The third-order valence-corrected chi connectivity index (χ3v) is 4.79. The number of hydrogen-bond donors (Lipinski definition) is 0. The van der Waals surface area contributed by atoms with Gasteiger partial charge in [0.1, 0.15) is 0 Å². The quantitative estimate of drug-likeness (QED) is 0.702. The summed E-state index contributed by atoms with van der Waals surface area (Å²) in [4.78, 5) is 4.96. The predicted octanol–water partition coefficient (Wildman–Crippen LogP) is 2.63. The third kappa shape index (κ3) is 3.70.